The maximum absolute atomic E-state index is 11.7. The molecular weight excluding hydrogens is 298 g/mol. The van der Waals surface area contributed by atoms with Crippen molar-refractivity contribution in [2.75, 3.05) is 0 Å². The molecule has 0 aliphatic carbocycles. The Bertz CT molecular complexity index is 601. The quantitative estimate of drug-likeness (QED) is 0.947. The number of hydrogen-bond acceptors (Lipinski definition) is 3. The van der Waals surface area contributed by atoms with Gasteiger partial charge in [-0.05, 0) is 23.8 Å². The lowest BCUT2D eigenvalue weighted by molar-refractivity contribution is 0.0948. The molecule has 0 fully saturated rings. The molecule has 2 aromatic rings. The van der Waals surface area contributed by atoms with Gasteiger partial charge in [-0.2, -0.15) is 0 Å². The van der Waals surface area contributed by atoms with E-state index in [1.165, 1.54) is 12.1 Å². The molecule has 2 rings (SSSR count). The van der Waals surface area contributed by atoms with E-state index >= 15 is 0 Å². The van der Waals surface area contributed by atoms with Crippen LogP contribution in [-0.2, 0) is 6.54 Å². The van der Waals surface area contributed by atoms with Crippen molar-refractivity contribution < 1.29 is 9.21 Å². The van der Waals surface area contributed by atoms with E-state index in [4.69, 9.17) is 0 Å². The lowest BCUT2D eigenvalue weighted by Gasteiger charge is -2.05. The van der Waals surface area contributed by atoms with E-state index in [2.05, 4.69) is 25.7 Å². The van der Waals surface area contributed by atoms with Gasteiger partial charge in [0, 0.05) is 17.1 Å². The monoisotopic (exact) mass is 307 g/mol. The number of nitrogens with one attached hydrogen (secondary N) is 1. The van der Waals surface area contributed by atoms with Gasteiger partial charge in [0.1, 0.15) is 6.26 Å². The number of benzene rings is 1. The molecule has 0 aliphatic heterocycles. The normalized spacial score (nSPS) is 10.1. The summed E-state index contributed by atoms with van der Waals surface area (Å²) in [6.07, 6.45) is 1.15. The smallest absolute Gasteiger partial charge is 0.335 e. The van der Waals surface area contributed by atoms with Gasteiger partial charge in [-0.1, -0.05) is 28.1 Å². The van der Waals surface area contributed by atoms with Crippen LogP contribution >= 0.6 is 15.9 Å². The summed E-state index contributed by atoms with van der Waals surface area (Å²) in [6.45, 7) is 0.414. The molecule has 1 amide bonds. The highest BCUT2D eigenvalue weighted by Crippen LogP contribution is 2.11. The summed E-state index contributed by atoms with van der Waals surface area (Å²) in [6, 6.07) is 10.3. The van der Waals surface area contributed by atoms with Crippen molar-refractivity contribution in [2.24, 2.45) is 0 Å². The summed E-state index contributed by atoms with van der Waals surface area (Å²) >= 11 is 3.36. The highest BCUT2D eigenvalue weighted by atomic mass is 79.9. The Labute approximate surface area is 112 Å². The third-order valence-corrected chi connectivity index (χ3v) is 2.80. The van der Waals surface area contributed by atoms with E-state index in [1.54, 1.807) is 0 Å². The van der Waals surface area contributed by atoms with Gasteiger partial charge in [-0.3, -0.25) is 4.79 Å². The number of halogens is 1. The third kappa shape index (κ3) is 3.30. The zero-order valence-electron chi connectivity index (χ0n) is 9.35. The van der Waals surface area contributed by atoms with E-state index in [0.29, 0.717) is 12.1 Å². The van der Waals surface area contributed by atoms with Crippen LogP contribution in [0.25, 0.3) is 0 Å². The average Bonchev–Trinajstić information content (AvgIpc) is 2.37. The molecule has 0 bridgehead atoms. The summed E-state index contributed by atoms with van der Waals surface area (Å²) in [5.41, 5.74) is 0.832. The van der Waals surface area contributed by atoms with Crippen LogP contribution in [0, 0.1) is 0 Å². The number of rotatable bonds is 3. The minimum atomic E-state index is -0.474. The van der Waals surface area contributed by atoms with Gasteiger partial charge >= 0.3 is 5.63 Å². The summed E-state index contributed by atoms with van der Waals surface area (Å²) < 4.78 is 5.58. The Morgan fingerprint density at radius 1 is 1.28 bits per heavy atom. The second-order valence-corrected chi connectivity index (χ2v) is 4.57. The average molecular weight is 308 g/mol. The number of carbonyl (C=O) groups is 1. The van der Waals surface area contributed by atoms with Crippen LogP contribution in [0.5, 0.6) is 0 Å². The first-order chi connectivity index (χ1) is 8.65. The largest absolute Gasteiger partial charge is 0.430 e. The minimum Gasteiger partial charge on any atom is -0.430 e. The molecule has 1 aromatic heterocycles. The fourth-order valence-electron chi connectivity index (χ4n) is 1.42. The Morgan fingerprint density at radius 2 is 2.11 bits per heavy atom. The standard InChI is InChI=1S/C13H10BrNO3/c14-11-3-1-2-9(6-11)7-15-13(17)10-4-5-12(16)18-8-10/h1-6,8H,7H2,(H,15,17). The highest BCUT2D eigenvalue weighted by molar-refractivity contribution is 9.10. The molecule has 0 atom stereocenters. The van der Waals surface area contributed by atoms with Crippen LogP contribution in [0.2, 0.25) is 0 Å². The van der Waals surface area contributed by atoms with Gasteiger partial charge in [0.05, 0.1) is 5.56 Å². The van der Waals surface area contributed by atoms with Gasteiger partial charge < -0.3 is 9.73 Å². The van der Waals surface area contributed by atoms with Crippen molar-refractivity contribution >= 4 is 21.8 Å². The lowest BCUT2D eigenvalue weighted by Crippen LogP contribution is -2.23. The predicted molar refractivity (Wildman–Crippen MR) is 70.3 cm³/mol. The Morgan fingerprint density at radius 3 is 2.78 bits per heavy atom. The summed E-state index contributed by atoms with van der Waals surface area (Å²) in [4.78, 5) is 22.5. The zero-order valence-corrected chi connectivity index (χ0v) is 10.9. The highest BCUT2D eigenvalue weighted by Gasteiger charge is 2.05. The maximum Gasteiger partial charge on any atom is 0.335 e. The molecule has 18 heavy (non-hydrogen) atoms. The van der Waals surface area contributed by atoms with E-state index in [9.17, 15) is 9.59 Å². The van der Waals surface area contributed by atoms with Crippen molar-refractivity contribution in [3.05, 3.63) is 68.7 Å². The Balaban J connectivity index is 2.00. The lowest BCUT2D eigenvalue weighted by atomic mass is 10.2. The molecule has 1 heterocycles. The van der Waals surface area contributed by atoms with E-state index in [0.717, 1.165) is 16.3 Å². The van der Waals surface area contributed by atoms with Crippen LogP contribution in [0.1, 0.15) is 15.9 Å². The number of amides is 1. The molecule has 1 aromatic carbocycles. The topological polar surface area (TPSA) is 59.3 Å². The second kappa shape index (κ2) is 5.64. The zero-order chi connectivity index (χ0) is 13.0. The minimum absolute atomic E-state index is 0.279. The fourth-order valence-corrected chi connectivity index (χ4v) is 1.87. The molecule has 0 saturated carbocycles. The van der Waals surface area contributed by atoms with Crippen LogP contribution in [0.15, 0.2) is 56.3 Å². The predicted octanol–water partition coefficient (Wildman–Crippen LogP) is 2.33. The third-order valence-electron chi connectivity index (χ3n) is 2.31. The molecular formula is C13H10BrNO3. The summed E-state index contributed by atoms with van der Waals surface area (Å²) in [5, 5.41) is 2.74. The van der Waals surface area contributed by atoms with Gasteiger partial charge in [0.2, 0.25) is 0 Å². The molecule has 4 nitrogen and oxygen atoms in total. The van der Waals surface area contributed by atoms with Gasteiger partial charge in [0.15, 0.2) is 0 Å². The van der Waals surface area contributed by atoms with Gasteiger partial charge in [-0.15, -0.1) is 0 Å². The first-order valence-corrected chi connectivity index (χ1v) is 6.06. The summed E-state index contributed by atoms with van der Waals surface area (Å²) in [5.74, 6) is -0.279. The number of hydrogen-bond donors (Lipinski definition) is 1. The fraction of sp³-hybridized carbons (Fsp3) is 0.0769. The molecule has 92 valence electrons. The van der Waals surface area contributed by atoms with Crippen molar-refractivity contribution in [1.82, 2.24) is 5.32 Å². The number of carbonyl (C=O) groups excluding carboxylic acids is 1. The van der Waals surface area contributed by atoms with Crippen molar-refractivity contribution in [1.29, 1.82) is 0 Å². The van der Waals surface area contributed by atoms with E-state index < -0.39 is 5.63 Å². The van der Waals surface area contributed by atoms with Crippen LogP contribution in [0.3, 0.4) is 0 Å². The van der Waals surface area contributed by atoms with Crippen molar-refractivity contribution in [2.45, 2.75) is 6.54 Å². The Kier molecular flexibility index (Phi) is 3.94. The molecule has 0 spiro atoms. The molecule has 0 unspecified atom stereocenters. The molecule has 0 saturated heterocycles. The summed E-state index contributed by atoms with van der Waals surface area (Å²) in [7, 11) is 0. The van der Waals surface area contributed by atoms with Gasteiger partial charge in [-0.25, -0.2) is 4.79 Å². The second-order valence-electron chi connectivity index (χ2n) is 3.66. The first-order valence-electron chi connectivity index (χ1n) is 5.26. The van der Waals surface area contributed by atoms with Crippen molar-refractivity contribution in [3.8, 4) is 0 Å². The first kappa shape index (κ1) is 12.6. The molecule has 1 N–H and O–H groups in total. The van der Waals surface area contributed by atoms with Gasteiger partial charge in [0.25, 0.3) is 5.91 Å². The van der Waals surface area contributed by atoms with Crippen LogP contribution < -0.4 is 10.9 Å². The SMILES string of the molecule is O=C(NCc1cccc(Br)c1)c1ccc(=O)oc1. The maximum atomic E-state index is 11.7. The van der Waals surface area contributed by atoms with Crippen LogP contribution in [0.4, 0.5) is 0 Å². The van der Waals surface area contributed by atoms with Crippen LogP contribution in [-0.4, -0.2) is 5.91 Å². The Hall–Kier alpha value is -1.88. The molecule has 5 heteroatoms. The molecule has 0 aliphatic rings. The molecule has 0 radical (unpaired) electrons. The van der Waals surface area contributed by atoms with Crippen molar-refractivity contribution in [3.63, 3.8) is 0 Å². The van der Waals surface area contributed by atoms with E-state index in [1.807, 2.05) is 24.3 Å². The van der Waals surface area contributed by atoms with E-state index in [-0.39, 0.29) is 5.91 Å².